The van der Waals surface area contributed by atoms with Crippen LogP contribution in [0, 0.1) is 0 Å². The summed E-state index contributed by atoms with van der Waals surface area (Å²) in [5, 5.41) is 10.5. The second-order valence-electron chi connectivity index (χ2n) is 6.36. The predicted molar refractivity (Wildman–Crippen MR) is 100 cm³/mol. The van der Waals surface area contributed by atoms with E-state index < -0.39 is 23.8 Å². The highest BCUT2D eigenvalue weighted by molar-refractivity contribution is 6.11. The zero-order chi connectivity index (χ0) is 19.7. The summed E-state index contributed by atoms with van der Waals surface area (Å²) in [6.45, 7) is -0.0580. The van der Waals surface area contributed by atoms with E-state index in [2.05, 4.69) is 21.3 Å². The topological polar surface area (TPSA) is 126 Å². The third kappa shape index (κ3) is 3.50. The maximum Gasteiger partial charge on any atom is 0.262 e. The molecule has 2 aromatic carbocycles. The Bertz CT molecular complexity index is 1000. The van der Waals surface area contributed by atoms with Crippen molar-refractivity contribution in [1.82, 2.24) is 5.32 Å². The van der Waals surface area contributed by atoms with Crippen molar-refractivity contribution in [3.05, 3.63) is 48.0 Å². The van der Waals surface area contributed by atoms with E-state index in [0.29, 0.717) is 28.4 Å². The monoisotopic (exact) mass is 380 g/mol. The molecular weight excluding hydrogens is 364 g/mol. The molecule has 2 aliphatic rings. The first-order chi connectivity index (χ1) is 13.5. The number of rotatable bonds is 3. The normalized spacial score (nSPS) is 17.7. The zero-order valence-electron chi connectivity index (χ0n) is 14.6. The van der Waals surface area contributed by atoms with Gasteiger partial charge >= 0.3 is 0 Å². The summed E-state index contributed by atoms with van der Waals surface area (Å²) < 4.78 is 5.26. The van der Waals surface area contributed by atoms with Gasteiger partial charge in [0.1, 0.15) is 11.8 Å². The summed E-state index contributed by atoms with van der Waals surface area (Å²) in [6, 6.07) is 10.4. The predicted octanol–water partition coefficient (Wildman–Crippen LogP) is 1.10. The van der Waals surface area contributed by atoms with Gasteiger partial charge in [-0.3, -0.25) is 19.2 Å². The molecule has 1 atom stereocenters. The third-order valence-electron chi connectivity index (χ3n) is 4.34. The summed E-state index contributed by atoms with van der Waals surface area (Å²) in [7, 11) is 0. The van der Waals surface area contributed by atoms with Gasteiger partial charge in [0.25, 0.3) is 11.8 Å². The van der Waals surface area contributed by atoms with Crippen LogP contribution in [0.15, 0.2) is 42.5 Å². The molecular formula is C19H16N4O5. The van der Waals surface area contributed by atoms with Gasteiger partial charge in [0.05, 0.1) is 23.4 Å². The van der Waals surface area contributed by atoms with Crippen molar-refractivity contribution in [3.63, 3.8) is 0 Å². The Morgan fingerprint density at radius 1 is 1.07 bits per heavy atom. The van der Waals surface area contributed by atoms with E-state index in [9.17, 15) is 19.2 Å². The molecule has 2 aliphatic heterocycles. The Labute approximate surface area is 159 Å². The van der Waals surface area contributed by atoms with Gasteiger partial charge in [0.15, 0.2) is 6.61 Å². The standard InChI is InChI=1S/C19H16N4O5/c24-16(20-10-5-6-15-13(7-10)21-17(25)9-28-15)8-14-19(27)22-12-4-2-1-3-11(12)18(26)23-14/h1-7,14H,8-9H2,(H,20,24)(H,21,25)(H,22,27)(H,23,26)/t14-/m1/s1. The van der Waals surface area contributed by atoms with Crippen molar-refractivity contribution in [2.24, 2.45) is 0 Å². The highest BCUT2D eigenvalue weighted by Gasteiger charge is 2.29. The minimum Gasteiger partial charge on any atom is -0.482 e. The number of amides is 4. The van der Waals surface area contributed by atoms with Gasteiger partial charge in [-0.15, -0.1) is 0 Å². The SMILES string of the molecule is O=C(C[C@H]1NC(=O)c2ccccc2NC1=O)Nc1ccc2c(c1)NC(=O)CO2. The molecule has 9 nitrogen and oxygen atoms in total. The lowest BCUT2D eigenvalue weighted by atomic mass is 10.1. The zero-order valence-corrected chi connectivity index (χ0v) is 14.6. The van der Waals surface area contributed by atoms with Crippen LogP contribution in [0.4, 0.5) is 17.1 Å². The van der Waals surface area contributed by atoms with Crippen LogP contribution >= 0.6 is 0 Å². The van der Waals surface area contributed by atoms with Crippen LogP contribution in [-0.2, 0) is 14.4 Å². The van der Waals surface area contributed by atoms with Crippen LogP contribution in [0.5, 0.6) is 5.75 Å². The van der Waals surface area contributed by atoms with Crippen molar-refractivity contribution < 1.29 is 23.9 Å². The number of ether oxygens (including phenoxy) is 1. The van der Waals surface area contributed by atoms with E-state index in [4.69, 9.17) is 4.74 Å². The lowest BCUT2D eigenvalue weighted by Gasteiger charge is -2.19. The van der Waals surface area contributed by atoms with Crippen LogP contribution in [0.25, 0.3) is 0 Å². The lowest BCUT2D eigenvalue weighted by Crippen LogP contribution is -2.43. The van der Waals surface area contributed by atoms with Crippen LogP contribution in [0.1, 0.15) is 16.8 Å². The van der Waals surface area contributed by atoms with Gasteiger partial charge in [0.2, 0.25) is 11.8 Å². The van der Waals surface area contributed by atoms with Crippen molar-refractivity contribution in [2.45, 2.75) is 12.5 Å². The molecule has 0 saturated carbocycles. The van der Waals surface area contributed by atoms with Crippen LogP contribution in [-0.4, -0.2) is 36.3 Å². The van der Waals surface area contributed by atoms with E-state index >= 15 is 0 Å². The van der Waals surface area contributed by atoms with E-state index in [1.807, 2.05) is 0 Å². The average Bonchev–Trinajstić information content (AvgIpc) is 2.78. The number of hydrogen-bond donors (Lipinski definition) is 4. The smallest absolute Gasteiger partial charge is 0.262 e. The van der Waals surface area contributed by atoms with Crippen LogP contribution in [0.2, 0.25) is 0 Å². The molecule has 0 saturated heterocycles. The summed E-state index contributed by atoms with van der Waals surface area (Å²) >= 11 is 0. The fourth-order valence-electron chi connectivity index (χ4n) is 3.01. The molecule has 9 heteroatoms. The minimum atomic E-state index is -1.01. The quantitative estimate of drug-likeness (QED) is 0.634. The first kappa shape index (κ1) is 17.5. The number of para-hydroxylation sites is 1. The third-order valence-corrected chi connectivity index (χ3v) is 4.34. The lowest BCUT2D eigenvalue weighted by molar-refractivity contribution is -0.122. The van der Waals surface area contributed by atoms with Crippen molar-refractivity contribution in [2.75, 3.05) is 22.6 Å². The number of hydrogen-bond acceptors (Lipinski definition) is 5. The Morgan fingerprint density at radius 2 is 1.89 bits per heavy atom. The van der Waals surface area contributed by atoms with E-state index in [1.165, 1.54) is 0 Å². The maximum absolute atomic E-state index is 12.4. The summed E-state index contributed by atoms with van der Waals surface area (Å²) in [6.07, 6.45) is -0.245. The number of benzene rings is 2. The first-order valence-electron chi connectivity index (χ1n) is 8.57. The molecule has 4 amide bonds. The molecule has 142 valence electrons. The second kappa shape index (κ2) is 7.03. The van der Waals surface area contributed by atoms with Gasteiger partial charge in [-0.05, 0) is 30.3 Å². The minimum absolute atomic E-state index is 0.0580. The number of carbonyl (C=O) groups is 4. The largest absolute Gasteiger partial charge is 0.482 e. The Hall–Kier alpha value is -3.88. The van der Waals surface area contributed by atoms with Crippen LogP contribution < -0.4 is 26.0 Å². The Kier molecular flexibility index (Phi) is 4.40. The fraction of sp³-hybridized carbons (Fsp3) is 0.158. The Morgan fingerprint density at radius 3 is 2.75 bits per heavy atom. The van der Waals surface area contributed by atoms with Gasteiger partial charge in [0, 0.05) is 5.69 Å². The van der Waals surface area contributed by atoms with Crippen molar-refractivity contribution in [1.29, 1.82) is 0 Å². The molecule has 0 fully saturated rings. The van der Waals surface area contributed by atoms with Crippen molar-refractivity contribution >= 4 is 40.7 Å². The van der Waals surface area contributed by atoms with Gasteiger partial charge in [-0.25, -0.2) is 0 Å². The number of carbonyl (C=O) groups excluding carboxylic acids is 4. The number of nitrogens with one attached hydrogen (secondary N) is 4. The molecule has 2 aromatic rings. The average molecular weight is 380 g/mol. The molecule has 0 aliphatic carbocycles. The van der Waals surface area contributed by atoms with Crippen LogP contribution in [0.3, 0.4) is 0 Å². The molecule has 28 heavy (non-hydrogen) atoms. The fourth-order valence-corrected chi connectivity index (χ4v) is 3.01. The second-order valence-corrected chi connectivity index (χ2v) is 6.36. The highest BCUT2D eigenvalue weighted by Crippen LogP contribution is 2.30. The van der Waals surface area contributed by atoms with E-state index in [0.717, 1.165) is 0 Å². The highest BCUT2D eigenvalue weighted by atomic mass is 16.5. The van der Waals surface area contributed by atoms with Gasteiger partial charge in [-0.1, -0.05) is 12.1 Å². The molecule has 4 N–H and O–H groups in total. The summed E-state index contributed by atoms with van der Waals surface area (Å²) in [4.78, 5) is 48.5. The van der Waals surface area contributed by atoms with Crippen molar-refractivity contribution in [3.8, 4) is 5.75 Å². The van der Waals surface area contributed by atoms with Gasteiger partial charge < -0.3 is 26.0 Å². The van der Waals surface area contributed by atoms with Gasteiger partial charge in [-0.2, -0.15) is 0 Å². The van der Waals surface area contributed by atoms with E-state index in [-0.39, 0.29) is 18.9 Å². The summed E-state index contributed by atoms with van der Waals surface area (Å²) in [5.74, 6) is -1.14. The molecule has 0 unspecified atom stereocenters. The number of anilines is 3. The number of fused-ring (bicyclic) bond motifs is 2. The molecule has 0 bridgehead atoms. The molecule has 0 aromatic heterocycles. The van der Waals surface area contributed by atoms with E-state index in [1.54, 1.807) is 42.5 Å². The Balaban J connectivity index is 1.44. The first-order valence-corrected chi connectivity index (χ1v) is 8.57. The summed E-state index contributed by atoms with van der Waals surface area (Å²) in [5.41, 5.74) is 1.62. The molecule has 0 spiro atoms. The molecule has 4 rings (SSSR count). The molecule has 2 heterocycles. The maximum atomic E-state index is 12.4. The molecule has 0 radical (unpaired) electrons.